The molecule has 5 heteroatoms. The number of rotatable bonds is 5. The summed E-state index contributed by atoms with van der Waals surface area (Å²) < 4.78 is 18.4. The number of hydrogen-bond acceptors (Lipinski definition) is 3. The zero-order valence-electron chi connectivity index (χ0n) is 10.8. The summed E-state index contributed by atoms with van der Waals surface area (Å²) in [5, 5.41) is 9.46. The molecule has 3 nitrogen and oxygen atoms in total. The van der Waals surface area contributed by atoms with E-state index in [1.54, 1.807) is 6.07 Å². The molecule has 0 aromatic heterocycles. The fourth-order valence-corrected chi connectivity index (χ4v) is 2.60. The number of ether oxygens (including phenoxy) is 1. The van der Waals surface area contributed by atoms with E-state index in [0.717, 1.165) is 32.5 Å². The molecule has 0 aliphatic carbocycles. The zero-order valence-corrected chi connectivity index (χ0v) is 11.6. The molecule has 1 saturated heterocycles. The third-order valence-corrected chi connectivity index (χ3v) is 3.72. The summed E-state index contributed by atoms with van der Waals surface area (Å²) in [4.78, 5) is 2.28. The number of halogens is 2. The SMILES string of the molecule is OCC1CCCN(CCOc2ccc(F)cc2Cl)C1. The Balaban J connectivity index is 1.76. The minimum Gasteiger partial charge on any atom is -0.491 e. The molecule has 1 fully saturated rings. The third kappa shape index (κ3) is 4.34. The number of aliphatic hydroxyl groups excluding tert-OH is 1. The van der Waals surface area contributed by atoms with Gasteiger partial charge in [0.2, 0.25) is 0 Å². The van der Waals surface area contributed by atoms with E-state index in [1.807, 2.05) is 0 Å². The lowest BCUT2D eigenvalue weighted by atomic mass is 9.99. The van der Waals surface area contributed by atoms with Crippen molar-refractivity contribution < 1.29 is 14.2 Å². The normalized spacial score (nSPS) is 20.5. The highest BCUT2D eigenvalue weighted by molar-refractivity contribution is 6.32. The molecule has 106 valence electrons. The lowest BCUT2D eigenvalue weighted by Crippen LogP contribution is -2.39. The minimum absolute atomic E-state index is 0.251. The molecule has 0 amide bonds. The Morgan fingerprint density at radius 1 is 1.47 bits per heavy atom. The van der Waals surface area contributed by atoms with E-state index in [0.29, 0.717) is 23.3 Å². The molecular formula is C14H19ClFNO2. The van der Waals surface area contributed by atoms with Gasteiger partial charge in [0.15, 0.2) is 0 Å². The van der Waals surface area contributed by atoms with Gasteiger partial charge in [-0.25, -0.2) is 4.39 Å². The predicted molar refractivity (Wildman–Crippen MR) is 73.2 cm³/mol. The van der Waals surface area contributed by atoms with Gasteiger partial charge in [-0.15, -0.1) is 0 Å². The van der Waals surface area contributed by atoms with E-state index in [2.05, 4.69) is 4.90 Å². The number of hydrogen-bond donors (Lipinski definition) is 1. The summed E-state index contributed by atoms with van der Waals surface area (Å²) in [7, 11) is 0. The zero-order chi connectivity index (χ0) is 13.7. The average molecular weight is 288 g/mol. The van der Waals surface area contributed by atoms with Gasteiger partial charge in [-0.3, -0.25) is 4.90 Å². The number of nitrogens with zero attached hydrogens (tertiary/aromatic N) is 1. The first-order valence-electron chi connectivity index (χ1n) is 6.60. The van der Waals surface area contributed by atoms with E-state index < -0.39 is 0 Å². The van der Waals surface area contributed by atoms with Crippen LogP contribution in [0.2, 0.25) is 5.02 Å². The van der Waals surface area contributed by atoms with Crippen LogP contribution in [0.4, 0.5) is 4.39 Å². The lowest BCUT2D eigenvalue weighted by Gasteiger charge is -2.31. The van der Waals surface area contributed by atoms with Gasteiger partial charge in [0.1, 0.15) is 18.2 Å². The maximum absolute atomic E-state index is 12.9. The Morgan fingerprint density at radius 3 is 3.05 bits per heavy atom. The number of benzene rings is 1. The molecule has 1 heterocycles. The number of piperidine rings is 1. The van der Waals surface area contributed by atoms with Crippen molar-refractivity contribution in [3.05, 3.63) is 29.0 Å². The molecule has 0 spiro atoms. The first-order valence-corrected chi connectivity index (χ1v) is 6.98. The minimum atomic E-state index is -0.362. The van der Waals surface area contributed by atoms with Crippen LogP contribution in [0.1, 0.15) is 12.8 Å². The highest BCUT2D eigenvalue weighted by Gasteiger charge is 2.18. The largest absolute Gasteiger partial charge is 0.491 e. The van der Waals surface area contributed by atoms with Crippen LogP contribution >= 0.6 is 11.6 Å². The van der Waals surface area contributed by atoms with Crippen LogP contribution in [0.25, 0.3) is 0 Å². The second-order valence-corrected chi connectivity index (χ2v) is 5.32. The van der Waals surface area contributed by atoms with E-state index >= 15 is 0 Å². The maximum atomic E-state index is 12.9. The Bertz CT molecular complexity index is 416. The van der Waals surface area contributed by atoms with E-state index in [9.17, 15) is 4.39 Å². The molecule has 1 N–H and O–H groups in total. The van der Waals surface area contributed by atoms with Crippen LogP contribution in [-0.4, -0.2) is 42.9 Å². The average Bonchev–Trinajstić information content (AvgIpc) is 2.41. The summed E-state index contributed by atoms with van der Waals surface area (Å²) in [6.45, 7) is 3.52. The van der Waals surface area contributed by atoms with Crippen LogP contribution in [-0.2, 0) is 0 Å². The predicted octanol–water partition coefficient (Wildman–Crippen LogP) is 2.56. The molecule has 0 bridgehead atoms. The quantitative estimate of drug-likeness (QED) is 0.903. The molecule has 0 radical (unpaired) electrons. The lowest BCUT2D eigenvalue weighted by molar-refractivity contribution is 0.107. The summed E-state index contributed by atoms with van der Waals surface area (Å²) in [5.41, 5.74) is 0. The summed E-state index contributed by atoms with van der Waals surface area (Å²) in [6, 6.07) is 4.13. The van der Waals surface area contributed by atoms with Crippen molar-refractivity contribution in [3.8, 4) is 5.75 Å². The highest BCUT2D eigenvalue weighted by Crippen LogP contribution is 2.25. The van der Waals surface area contributed by atoms with Crippen LogP contribution in [0, 0.1) is 11.7 Å². The second-order valence-electron chi connectivity index (χ2n) is 4.91. The fraction of sp³-hybridized carbons (Fsp3) is 0.571. The van der Waals surface area contributed by atoms with Crippen molar-refractivity contribution in [2.75, 3.05) is 32.8 Å². The van der Waals surface area contributed by atoms with Gasteiger partial charge in [-0.05, 0) is 43.5 Å². The third-order valence-electron chi connectivity index (χ3n) is 3.42. The smallest absolute Gasteiger partial charge is 0.138 e. The monoisotopic (exact) mass is 287 g/mol. The van der Waals surface area contributed by atoms with E-state index in [4.69, 9.17) is 21.4 Å². The topological polar surface area (TPSA) is 32.7 Å². The Kier molecular flexibility index (Phi) is 5.43. The highest BCUT2D eigenvalue weighted by atomic mass is 35.5. The van der Waals surface area contributed by atoms with Crippen LogP contribution in [0.15, 0.2) is 18.2 Å². The Morgan fingerprint density at radius 2 is 2.32 bits per heavy atom. The van der Waals surface area contributed by atoms with Gasteiger partial charge in [-0.2, -0.15) is 0 Å². The molecule has 1 aromatic carbocycles. The van der Waals surface area contributed by atoms with Gasteiger partial charge >= 0.3 is 0 Å². The molecule has 1 aliphatic heterocycles. The van der Waals surface area contributed by atoms with Crippen LogP contribution in [0.5, 0.6) is 5.75 Å². The molecule has 1 aliphatic rings. The second kappa shape index (κ2) is 7.08. The number of likely N-dealkylation sites (tertiary alicyclic amines) is 1. The summed E-state index contributed by atoms with van der Waals surface area (Å²) in [5.74, 6) is 0.529. The van der Waals surface area contributed by atoms with E-state index in [-0.39, 0.29) is 12.4 Å². The molecule has 2 rings (SSSR count). The fourth-order valence-electron chi connectivity index (χ4n) is 2.38. The standard InChI is InChI=1S/C14H19ClFNO2/c15-13-8-12(16)3-4-14(13)19-7-6-17-5-1-2-11(9-17)10-18/h3-4,8,11,18H,1-2,5-7,9-10H2. The first-order chi connectivity index (χ1) is 9.19. The number of aliphatic hydroxyl groups is 1. The maximum Gasteiger partial charge on any atom is 0.138 e. The van der Waals surface area contributed by atoms with Crippen LogP contribution in [0.3, 0.4) is 0 Å². The van der Waals surface area contributed by atoms with Crippen molar-refractivity contribution >= 4 is 11.6 Å². The molecule has 0 saturated carbocycles. The first kappa shape index (κ1) is 14.6. The van der Waals surface area contributed by atoms with E-state index in [1.165, 1.54) is 12.1 Å². The summed E-state index contributed by atoms with van der Waals surface area (Å²) in [6.07, 6.45) is 2.21. The van der Waals surface area contributed by atoms with Gasteiger partial charge in [-0.1, -0.05) is 11.6 Å². The molecular weight excluding hydrogens is 269 g/mol. The van der Waals surface area contributed by atoms with Crippen molar-refractivity contribution in [1.29, 1.82) is 0 Å². The van der Waals surface area contributed by atoms with Gasteiger partial charge < -0.3 is 9.84 Å². The van der Waals surface area contributed by atoms with Gasteiger partial charge in [0, 0.05) is 19.7 Å². The summed E-state index contributed by atoms with van der Waals surface area (Å²) >= 11 is 5.88. The Labute approximate surface area is 117 Å². The Hall–Kier alpha value is -0.840. The van der Waals surface area contributed by atoms with Crippen LogP contribution < -0.4 is 4.74 Å². The van der Waals surface area contributed by atoms with Crippen molar-refractivity contribution in [1.82, 2.24) is 4.90 Å². The molecule has 19 heavy (non-hydrogen) atoms. The van der Waals surface area contributed by atoms with Gasteiger partial charge in [0.05, 0.1) is 5.02 Å². The molecule has 1 unspecified atom stereocenters. The van der Waals surface area contributed by atoms with Gasteiger partial charge in [0.25, 0.3) is 0 Å². The molecule has 1 aromatic rings. The van der Waals surface area contributed by atoms with Crippen molar-refractivity contribution in [2.24, 2.45) is 5.92 Å². The molecule has 1 atom stereocenters. The van der Waals surface area contributed by atoms with Crippen molar-refractivity contribution in [2.45, 2.75) is 12.8 Å². The van der Waals surface area contributed by atoms with Crippen molar-refractivity contribution in [3.63, 3.8) is 0 Å².